The normalized spacial score (nSPS) is 11.4. The van der Waals surface area contributed by atoms with Crippen molar-refractivity contribution in [2.75, 3.05) is 6.61 Å². The minimum absolute atomic E-state index is 0.0228. The molecule has 1 heterocycles. The van der Waals surface area contributed by atoms with Gasteiger partial charge in [0.2, 0.25) is 0 Å². The Bertz CT molecular complexity index is 813. The maximum Gasteiger partial charge on any atom is 0.416 e. The van der Waals surface area contributed by atoms with Crippen LogP contribution < -0.4 is 5.48 Å². The zero-order valence-electron chi connectivity index (χ0n) is 13.8. The number of Topliss-reactive ketones (excluding diaryl/α,β-unsaturated/α-hetero) is 1. The van der Waals surface area contributed by atoms with Crippen molar-refractivity contribution in [2.45, 2.75) is 26.9 Å². The zero-order valence-corrected chi connectivity index (χ0v) is 13.8. The van der Waals surface area contributed by atoms with Gasteiger partial charge in [0.25, 0.3) is 5.78 Å². The van der Waals surface area contributed by atoms with E-state index in [2.05, 4.69) is 9.94 Å². The molecule has 0 bridgehead atoms. The van der Waals surface area contributed by atoms with Crippen LogP contribution in [-0.4, -0.2) is 28.1 Å². The molecule has 0 aliphatic rings. The van der Waals surface area contributed by atoms with E-state index in [0.717, 1.165) is 12.1 Å². The van der Waals surface area contributed by atoms with Crippen LogP contribution in [0.3, 0.4) is 0 Å². The lowest BCUT2D eigenvalue weighted by Crippen LogP contribution is -2.31. The molecular weight excluding hydrogens is 339 g/mol. The van der Waals surface area contributed by atoms with Crippen LogP contribution >= 0.6 is 0 Å². The zero-order chi connectivity index (χ0) is 18.8. The smallest absolute Gasteiger partial charge is 0.283 e. The molecule has 1 aromatic carbocycles. The predicted octanol–water partition coefficient (Wildman–Crippen LogP) is 2.76. The Morgan fingerprint density at radius 2 is 1.96 bits per heavy atom. The highest BCUT2D eigenvalue weighted by molar-refractivity contribution is 6.43. The van der Waals surface area contributed by atoms with Crippen LogP contribution in [-0.2, 0) is 15.8 Å². The number of nitrogens with one attached hydrogen (secondary N) is 1. The number of hydroxylamine groups is 1. The summed E-state index contributed by atoms with van der Waals surface area (Å²) in [5, 5.41) is 4.10. The number of alkyl halides is 3. The SMILES string of the molecule is CCONC(=O)C(=O)c1c(C)nn(-c2cccc(C(F)(F)F)c2)c1C. The molecule has 0 fully saturated rings. The summed E-state index contributed by atoms with van der Waals surface area (Å²) in [5.41, 5.74) is 1.80. The summed E-state index contributed by atoms with van der Waals surface area (Å²) in [6, 6.07) is 4.55. The molecule has 0 atom stereocenters. The summed E-state index contributed by atoms with van der Waals surface area (Å²) < 4.78 is 39.8. The van der Waals surface area contributed by atoms with E-state index in [1.54, 1.807) is 6.92 Å². The molecule has 0 aliphatic carbocycles. The van der Waals surface area contributed by atoms with Crippen LogP contribution in [0.25, 0.3) is 5.69 Å². The van der Waals surface area contributed by atoms with Gasteiger partial charge in [-0.3, -0.25) is 14.4 Å². The monoisotopic (exact) mass is 355 g/mol. The van der Waals surface area contributed by atoms with E-state index in [1.165, 1.54) is 30.7 Å². The van der Waals surface area contributed by atoms with Crippen molar-refractivity contribution in [2.24, 2.45) is 0 Å². The number of aryl methyl sites for hydroxylation is 1. The number of halogens is 3. The van der Waals surface area contributed by atoms with Gasteiger partial charge in [-0.2, -0.15) is 18.3 Å². The maximum absolute atomic E-state index is 12.9. The van der Waals surface area contributed by atoms with Gasteiger partial charge in [0.05, 0.1) is 34.8 Å². The van der Waals surface area contributed by atoms with E-state index in [1.807, 2.05) is 5.48 Å². The Kier molecular flexibility index (Phi) is 5.27. The summed E-state index contributed by atoms with van der Waals surface area (Å²) in [6.45, 7) is 4.81. The van der Waals surface area contributed by atoms with Gasteiger partial charge in [-0.1, -0.05) is 6.07 Å². The molecule has 0 unspecified atom stereocenters. The first-order valence-corrected chi connectivity index (χ1v) is 7.37. The third-order valence-electron chi connectivity index (χ3n) is 3.45. The van der Waals surface area contributed by atoms with Crippen molar-refractivity contribution in [1.29, 1.82) is 0 Å². The second-order valence-electron chi connectivity index (χ2n) is 5.20. The van der Waals surface area contributed by atoms with Gasteiger partial charge < -0.3 is 0 Å². The number of hydrogen-bond acceptors (Lipinski definition) is 4. The molecule has 0 saturated heterocycles. The molecule has 1 aromatic heterocycles. The molecule has 1 amide bonds. The molecule has 0 spiro atoms. The highest BCUT2D eigenvalue weighted by Crippen LogP contribution is 2.30. The third kappa shape index (κ3) is 3.87. The quantitative estimate of drug-likeness (QED) is 0.509. The van der Waals surface area contributed by atoms with Gasteiger partial charge in [-0.25, -0.2) is 10.2 Å². The van der Waals surface area contributed by atoms with Gasteiger partial charge in [0, 0.05) is 0 Å². The largest absolute Gasteiger partial charge is 0.416 e. The maximum atomic E-state index is 12.9. The van der Waals surface area contributed by atoms with E-state index in [0.29, 0.717) is 0 Å². The minimum Gasteiger partial charge on any atom is -0.283 e. The Morgan fingerprint density at radius 3 is 2.56 bits per heavy atom. The molecule has 0 saturated carbocycles. The first-order valence-electron chi connectivity index (χ1n) is 7.37. The average Bonchev–Trinajstić information content (AvgIpc) is 2.86. The molecule has 134 valence electrons. The van der Waals surface area contributed by atoms with Crippen molar-refractivity contribution in [1.82, 2.24) is 15.3 Å². The molecule has 25 heavy (non-hydrogen) atoms. The second kappa shape index (κ2) is 7.06. The number of carbonyl (C=O) groups excluding carboxylic acids is 2. The number of hydrogen-bond donors (Lipinski definition) is 1. The second-order valence-corrected chi connectivity index (χ2v) is 5.20. The van der Waals surface area contributed by atoms with Crippen LogP contribution in [0.1, 0.15) is 34.2 Å². The lowest BCUT2D eigenvalue weighted by molar-refractivity contribution is -0.137. The Labute approximate surface area is 141 Å². The van der Waals surface area contributed by atoms with Crippen molar-refractivity contribution in [3.8, 4) is 5.69 Å². The van der Waals surface area contributed by atoms with E-state index in [9.17, 15) is 22.8 Å². The van der Waals surface area contributed by atoms with Crippen LogP contribution in [0.15, 0.2) is 24.3 Å². The number of benzene rings is 1. The van der Waals surface area contributed by atoms with E-state index in [-0.39, 0.29) is 29.2 Å². The van der Waals surface area contributed by atoms with Crippen molar-refractivity contribution in [3.63, 3.8) is 0 Å². The lowest BCUT2D eigenvalue weighted by Gasteiger charge is -2.10. The summed E-state index contributed by atoms with van der Waals surface area (Å²) in [6.07, 6.45) is -4.50. The van der Waals surface area contributed by atoms with E-state index < -0.39 is 23.4 Å². The van der Waals surface area contributed by atoms with Crippen LogP contribution in [0.5, 0.6) is 0 Å². The molecule has 0 aliphatic heterocycles. The van der Waals surface area contributed by atoms with Crippen LogP contribution in [0.4, 0.5) is 13.2 Å². The van der Waals surface area contributed by atoms with Gasteiger partial charge in [0.15, 0.2) is 0 Å². The van der Waals surface area contributed by atoms with Crippen molar-refractivity contribution >= 4 is 11.7 Å². The Morgan fingerprint density at radius 1 is 1.28 bits per heavy atom. The minimum atomic E-state index is -4.50. The lowest BCUT2D eigenvalue weighted by atomic mass is 10.1. The molecular formula is C16H16F3N3O3. The number of rotatable bonds is 5. The molecule has 0 radical (unpaired) electrons. The summed E-state index contributed by atoms with van der Waals surface area (Å²) in [5.74, 6) is -1.85. The number of amides is 1. The predicted molar refractivity (Wildman–Crippen MR) is 82.1 cm³/mol. The molecule has 9 heteroatoms. The number of nitrogens with zero attached hydrogens (tertiary/aromatic N) is 2. The number of ketones is 1. The van der Waals surface area contributed by atoms with Gasteiger partial charge in [-0.15, -0.1) is 0 Å². The molecule has 2 rings (SSSR count). The first-order chi connectivity index (χ1) is 11.7. The first kappa shape index (κ1) is 18.7. The Balaban J connectivity index is 2.43. The van der Waals surface area contributed by atoms with Gasteiger partial charge >= 0.3 is 12.1 Å². The van der Waals surface area contributed by atoms with Gasteiger partial charge in [-0.05, 0) is 39.0 Å². The highest BCUT2D eigenvalue weighted by Gasteiger charge is 2.31. The topological polar surface area (TPSA) is 73.2 Å². The van der Waals surface area contributed by atoms with Crippen LogP contribution in [0, 0.1) is 13.8 Å². The third-order valence-corrected chi connectivity index (χ3v) is 3.45. The van der Waals surface area contributed by atoms with Crippen molar-refractivity contribution in [3.05, 3.63) is 46.8 Å². The average molecular weight is 355 g/mol. The summed E-state index contributed by atoms with van der Waals surface area (Å²) in [4.78, 5) is 28.7. The van der Waals surface area contributed by atoms with E-state index in [4.69, 9.17) is 0 Å². The molecule has 1 N–H and O–H groups in total. The summed E-state index contributed by atoms with van der Waals surface area (Å²) >= 11 is 0. The Hall–Kier alpha value is -2.68. The highest BCUT2D eigenvalue weighted by atomic mass is 19.4. The molecule has 6 nitrogen and oxygen atoms in total. The van der Waals surface area contributed by atoms with Crippen LogP contribution in [0.2, 0.25) is 0 Å². The molecule has 2 aromatic rings. The fraction of sp³-hybridized carbons (Fsp3) is 0.312. The number of carbonyl (C=O) groups is 2. The van der Waals surface area contributed by atoms with Gasteiger partial charge in [0.1, 0.15) is 0 Å². The number of aromatic nitrogens is 2. The summed E-state index contributed by atoms with van der Waals surface area (Å²) in [7, 11) is 0. The fourth-order valence-electron chi connectivity index (χ4n) is 2.33. The van der Waals surface area contributed by atoms with Crippen molar-refractivity contribution < 1.29 is 27.6 Å². The standard InChI is InChI=1S/C16H16F3N3O3/c1-4-25-21-15(24)14(23)13-9(2)20-22(10(13)3)12-7-5-6-11(8-12)16(17,18)19/h5-8H,4H2,1-3H3,(H,21,24). The van der Waals surface area contributed by atoms with E-state index >= 15 is 0 Å². The fourth-order valence-corrected chi connectivity index (χ4v) is 2.33.